The summed E-state index contributed by atoms with van der Waals surface area (Å²) in [7, 11) is 0. The SMILES string of the molecule is CC1=NN(c2ccccc2)C(=O)/C1=C\c1ccccc1C. The highest BCUT2D eigenvalue weighted by Crippen LogP contribution is 2.25. The number of benzene rings is 2. The van der Waals surface area contributed by atoms with E-state index >= 15 is 0 Å². The molecule has 0 atom stereocenters. The number of nitrogens with zero attached hydrogens (tertiary/aromatic N) is 2. The first kappa shape index (κ1) is 13.3. The van der Waals surface area contributed by atoms with E-state index < -0.39 is 0 Å². The van der Waals surface area contributed by atoms with Gasteiger partial charge in [-0.15, -0.1) is 0 Å². The minimum absolute atomic E-state index is 0.0815. The maximum absolute atomic E-state index is 12.6. The van der Waals surface area contributed by atoms with Gasteiger partial charge in [0.15, 0.2) is 0 Å². The number of carbonyl (C=O) groups is 1. The molecule has 1 heterocycles. The van der Waals surface area contributed by atoms with Gasteiger partial charge in [0, 0.05) is 0 Å². The van der Waals surface area contributed by atoms with Gasteiger partial charge in [0.05, 0.1) is 17.0 Å². The Morgan fingerprint density at radius 3 is 2.33 bits per heavy atom. The molecule has 0 radical (unpaired) electrons. The second-order valence-electron chi connectivity index (χ2n) is 5.05. The first-order valence-corrected chi connectivity index (χ1v) is 6.89. The fourth-order valence-corrected chi connectivity index (χ4v) is 2.33. The summed E-state index contributed by atoms with van der Waals surface area (Å²) in [6, 6.07) is 17.5. The summed E-state index contributed by atoms with van der Waals surface area (Å²) in [5, 5.41) is 5.84. The average molecular weight is 276 g/mol. The first-order valence-electron chi connectivity index (χ1n) is 6.89. The summed E-state index contributed by atoms with van der Waals surface area (Å²) in [4.78, 5) is 12.6. The fourth-order valence-electron chi connectivity index (χ4n) is 2.33. The van der Waals surface area contributed by atoms with Gasteiger partial charge < -0.3 is 0 Å². The van der Waals surface area contributed by atoms with Gasteiger partial charge >= 0.3 is 0 Å². The first-order chi connectivity index (χ1) is 10.2. The molecule has 3 rings (SSSR count). The molecule has 0 unspecified atom stereocenters. The van der Waals surface area contributed by atoms with Crippen molar-refractivity contribution in [3.05, 3.63) is 71.3 Å². The quantitative estimate of drug-likeness (QED) is 0.768. The smallest absolute Gasteiger partial charge is 0.267 e. The van der Waals surface area contributed by atoms with E-state index in [1.165, 1.54) is 5.01 Å². The lowest BCUT2D eigenvalue weighted by Crippen LogP contribution is -2.21. The summed E-state index contributed by atoms with van der Waals surface area (Å²) >= 11 is 0. The van der Waals surface area contributed by atoms with Gasteiger partial charge in [-0.25, -0.2) is 0 Å². The third-order valence-electron chi connectivity index (χ3n) is 3.55. The molecule has 0 spiro atoms. The second kappa shape index (κ2) is 5.37. The standard InChI is InChI=1S/C18H16N2O/c1-13-8-6-7-9-15(13)12-17-14(2)19-20(18(17)21)16-10-4-3-5-11-16/h3-12H,1-2H3/b17-12-. The lowest BCUT2D eigenvalue weighted by molar-refractivity contribution is -0.114. The van der Waals surface area contributed by atoms with Crippen LogP contribution in [0.25, 0.3) is 6.08 Å². The highest BCUT2D eigenvalue weighted by molar-refractivity contribution is 6.32. The van der Waals surface area contributed by atoms with Crippen LogP contribution in [0, 0.1) is 6.92 Å². The van der Waals surface area contributed by atoms with E-state index in [4.69, 9.17) is 0 Å². The van der Waals surface area contributed by atoms with Gasteiger partial charge in [0.1, 0.15) is 0 Å². The van der Waals surface area contributed by atoms with Crippen molar-refractivity contribution in [1.82, 2.24) is 0 Å². The minimum Gasteiger partial charge on any atom is -0.267 e. The van der Waals surface area contributed by atoms with Crippen molar-refractivity contribution in [3.8, 4) is 0 Å². The summed E-state index contributed by atoms with van der Waals surface area (Å²) in [5.74, 6) is -0.0815. The number of carbonyl (C=O) groups excluding carboxylic acids is 1. The third kappa shape index (κ3) is 2.50. The zero-order valence-electron chi connectivity index (χ0n) is 12.1. The van der Waals surface area contributed by atoms with Crippen LogP contribution >= 0.6 is 0 Å². The Hall–Kier alpha value is -2.68. The Bertz CT molecular complexity index is 745. The monoisotopic (exact) mass is 276 g/mol. The Morgan fingerprint density at radius 1 is 0.952 bits per heavy atom. The zero-order valence-corrected chi connectivity index (χ0v) is 12.1. The van der Waals surface area contributed by atoms with Crippen molar-refractivity contribution in [2.75, 3.05) is 5.01 Å². The molecule has 1 aliphatic rings. The van der Waals surface area contributed by atoms with Gasteiger partial charge in [0.25, 0.3) is 5.91 Å². The molecule has 104 valence electrons. The highest BCUT2D eigenvalue weighted by Gasteiger charge is 2.28. The highest BCUT2D eigenvalue weighted by atomic mass is 16.2. The van der Waals surface area contributed by atoms with E-state index in [9.17, 15) is 4.79 Å². The number of rotatable bonds is 2. The van der Waals surface area contributed by atoms with Crippen molar-refractivity contribution < 1.29 is 4.79 Å². The van der Waals surface area contributed by atoms with Crippen molar-refractivity contribution >= 4 is 23.4 Å². The maximum Gasteiger partial charge on any atom is 0.280 e. The number of hydrogen-bond acceptors (Lipinski definition) is 2. The van der Waals surface area contributed by atoms with Gasteiger partial charge in [-0.2, -0.15) is 10.1 Å². The molecule has 0 bridgehead atoms. The van der Waals surface area contributed by atoms with Crippen LogP contribution in [0.5, 0.6) is 0 Å². The molecule has 1 aliphatic heterocycles. The predicted octanol–water partition coefficient (Wildman–Crippen LogP) is 3.80. The molecule has 0 fully saturated rings. The van der Waals surface area contributed by atoms with E-state index in [0.717, 1.165) is 22.5 Å². The van der Waals surface area contributed by atoms with Gasteiger partial charge in [-0.05, 0) is 43.2 Å². The van der Waals surface area contributed by atoms with Crippen LogP contribution in [0.4, 0.5) is 5.69 Å². The number of hydrogen-bond donors (Lipinski definition) is 0. The van der Waals surface area contributed by atoms with Gasteiger partial charge in [0.2, 0.25) is 0 Å². The normalized spacial score (nSPS) is 16.5. The largest absolute Gasteiger partial charge is 0.280 e. The van der Waals surface area contributed by atoms with Gasteiger partial charge in [-0.3, -0.25) is 4.79 Å². The Labute approximate surface area is 124 Å². The van der Waals surface area contributed by atoms with Crippen LogP contribution in [0.3, 0.4) is 0 Å². The van der Waals surface area contributed by atoms with Crippen molar-refractivity contribution in [3.63, 3.8) is 0 Å². The van der Waals surface area contributed by atoms with E-state index in [-0.39, 0.29) is 5.91 Å². The lowest BCUT2D eigenvalue weighted by Gasteiger charge is -2.11. The van der Waals surface area contributed by atoms with Crippen molar-refractivity contribution in [2.45, 2.75) is 13.8 Å². The Kier molecular flexibility index (Phi) is 3.40. The molecule has 2 aromatic carbocycles. The molecule has 0 aliphatic carbocycles. The number of anilines is 1. The molecule has 0 N–H and O–H groups in total. The molecular weight excluding hydrogens is 260 g/mol. The van der Waals surface area contributed by atoms with Crippen LogP contribution in [0.15, 0.2) is 65.3 Å². The fraction of sp³-hybridized carbons (Fsp3) is 0.111. The summed E-state index contributed by atoms with van der Waals surface area (Å²) < 4.78 is 0. The van der Waals surface area contributed by atoms with Crippen molar-refractivity contribution in [1.29, 1.82) is 0 Å². The summed E-state index contributed by atoms with van der Waals surface area (Å²) in [5.41, 5.74) is 4.37. The van der Waals surface area contributed by atoms with E-state index in [2.05, 4.69) is 5.10 Å². The second-order valence-corrected chi connectivity index (χ2v) is 5.05. The number of aryl methyl sites for hydroxylation is 1. The molecule has 0 saturated heterocycles. The van der Waals surface area contributed by atoms with Crippen molar-refractivity contribution in [2.24, 2.45) is 5.10 Å². The number of para-hydroxylation sites is 1. The zero-order chi connectivity index (χ0) is 14.8. The number of hydrazone groups is 1. The van der Waals surface area contributed by atoms with Crippen LogP contribution in [-0.4, -0.2) is 11.6 Å². The Balaban J connectivity index is 1.98. The lowest BCUT2D eigenvalue weighted by atomic mass is 10.0. The molecule has 3 heteroatoms. The molecule has 1 amide bonds. The van der Waals surface area contributed by atoms with E-state index in [1.807, 2.05) is 74.5 Å². The minimum atomic E-state index is -0.0815. The Morgan fingerprint density at radius 2 is 1.62 bits per heavy atom. The van der Waals surface area contributed by atoms with E-state index in [0.29, 0.717) is 5.57 Å². The molecule has 0 aromatic heterocycles. The van der Waals surface area contributed by atoms with Crippen LogP contribution in [-0.2, 0) is 4.79 Å². The topological polar surface area (TPSA) is 32.7 Å². The van der Waals surface area contributed by atoms with Crippen LogP contribution in [0.1, 0.15) is 18.1 Å². The summed E-state index contributed by atoms with van der Waals surface area (Å²) in [6.45, 7) is 3.90. The van der Waals surface area contributed by atoms with E-state index in [1.54, 1.807) is 0 Å². The van der Waals surface area contributed by atoms with Crippen LogP contribution in [0.2, 0.25) is 0 Å². The maximum atomic E-state index is 12.6. The molecular formula is C18H16N2O. The third-order valence-corrected chi connectivity index (χ3v) is 3.55. The molecule has 0 saturated carbocycles. The van der Waals surface area contributed by atoms with Gasteiger partial charge in [-0.1, -0.05) is 42.5 Å². The molecule has 2 aromatic rings. The molecule has 3 nitrogen and oxygen atoms in total. The number of amides is 1. The average Bonchev–Trinajstić information content (AvgIpc) is 2.78. The summed E-state index contributed by atoms with van der Waals surface area (Å²) in [6.07, 6.45) is 1.92. The molecule has 21 heavy (non-hydrogen) atoms. The van der Waals surface area contributed by atoms with Crippen LogP contribution < -0.4 is 5.01 Å². The predicted molar refractivity (Wildman–Crippen MR) is 86.2 cm³/mol.